The molecule has 2 heterocycles. The van der Waals surface area contributed by atoms with Crippen LogP contribution in [0.4, 0.5) is 11.4 Å². The van der Waals surface area contributed by atoms with E-state index in [2.05, 4.69) is 21.6 Å². The second-order valence-corrected chi connectivity index (χ2v) is 10.7. The number of amides is 1. The summed E-state index contributed by atoms with van der Waals surface area (Å²) >= 11 is 0. The van der Waals surface area contributed by atoms with E-state index < -0.39 is 10.0 Å². The molecule has 0 bridgehead atoms. The van der Waals surface area contributed by atoms with Crippen LogP contribution in [0.2, 0.25) is 0 Å². The molecule has 0 spiro atoms. The van der Waals surface area contributed by atoms with Crippen LogP contribution in [0.5, 0.6) is 5.75 Å². The minimum absolute atomic E-state index is 0.0367. The van der Waals surface area contributed by atoms with Crippen molar-refractivity contribution in [2.75, 3.05) is 63.0 Å². The number of benzene rings is 2. The Morgan fingerprint density at radius 3 is 2.15 bits per heavy atom. The zero-order chi connectivity index (χ0) is 24.1. The number of carbonyl (C=O) groups excluding carboxylic acids is 1. The molecule has 0 aliphatic carbocycles. The number of sulfonamides is 1. The van der Waals surface area contributed by atoms with E-state index >= 15 is 0 Å². The zero-order valence-electron chi connectivity index (χ0n) is 20.0. The fourth-order valence-electron chi connectivity index (χ4n) is 4.48. The number of rotatable bonds is 6. The average molecular weight is 487 g/mol. The van der Waals surface area contributed by atoms with E-state index in [1.54, 1.807) is 23.1 Å². The van der Waals surface area contributed by atoms with Gasteiger partial charge in [0, 0.05) is 50.6 Å². The molecule has 184 valence electrons. The van der Waals surface area contributed by atoms with Crippen LogP contribution >= 0.6 is 0 Å². The van der Waals surface area contributed by atoms with Gasteiger partial charge in [0.2, 0.25) is 0 Å². The molecular formula is C25H34N4O4S. The highest BCUT2D eigenvalue weighted by molar-refractivity contribution is 7.92. The van der Waals surface area contributed by atoms with Crippen molar-refractivity contribution >= 4 is 27.3 Å². The molecule has 34 heavy (non-hydrogen) atoms. The van der Waals surface area contributed by atoms with Gasteiger partial charge in [-0.05, 0) is 62.4 Å². The number of likely N-dealkylation sites (tertiary alicyclic amines) is 1. The number of ether oxygens (including phenoxy) is 1. The molecule has 2 aromatic carbocycles. The fraction of sp³-hybridized carbons (Fsp3) is 0.480. The summed E-state index contributed by atoms with van der Waals surface area (Å²) in [6.45, 7) is 5.25. The Balaban J connectivity index is 1.51. The lowest BCUT2D eigenvalue weighted by Crippen LogP contribution is -2.44. The van der Waals surface area contributed by atoms with Crippen LogP contribution in [-0.4, -0.2) is 77.6 Å². The van der Waals surface area contributed by atoms with Crippen molar-refractivity contribution in [1.82, 2.24) is 9.80 Å². The number of carbonyl (C=O) groups is 1. The molecule has 2 fully saturated rings. The molecule has 2 saturated heterocycles. The van der Waals surface area contributed by atoms with Crippen molar-refractivity contribution in [2.45, 2.75) is 30.6 Å². The first kappa shape index (κ1) is 24.3. The second kappa shape index (κ2) is 10.7. The maximum Gasteiger partial charge on any atom is 0.261 e. The molecule has 1 amide bonds. The zero-order valence-corrected chi connectivity index (χ0v) is 20.8. The number of hydrogen-bond donors (Lipinski definition) is 1. The van der Waals surface area contributed by atoms with Crippen molar-refractivity contribution < 1.29 is 17.9 Å². The summed E-state index contributed by atoms with van der Waals surface area (Å²) in [7, 11) is -0.272. The van der Waals surface area contributed by atoms with E-state index in [4.69, 9.17) is 4.74 Å². The molecule has 4 rings (SSSR count). The lowest BCUT2D eigenvalue weighted by molar-refractivity contribution is 0.0758. The Morgan fingerprint density at radius 1 is 0.882 bits per heavy atom. The van der Waals surface area contributed by atoms with Crippen LogP contribution < -0.4 is 14.4 Å². The minimum Gasteiger partial charge on any atom is -0.496 e. The predicted octanol–water partition coefficient (Wildman–Crippen LogP) is 3.26. The molecule has 2 aliphatic rings. The van der Waals surface area contributed by atoms with Crippen molar-refractivity contribution in [2.24, 2.45) is 0 Å². The first-order valence-corrected chi connectivity index (χ1v) is 13.4. The van der Waals surface area contributed by atoms with Gasteiger partial charge in [-0.2, -0.15) is 0 Å². The molecule has 0 radical (unpaired) electrons. The van der Waals surface area contributed by atoms with E-state index in [9.17, 15) is 13.2 Å². The van der Waals surface area contributed by atoms with E-state index in [1.165, 1.54) is 19.2 Å². The summed E-state index contributed by atoms with van der Waals surface area (Å²) in [5, 5.41) is 0. The lowest BCUT2D eigenvalue weighted by Gasteiger charge is -2.34. The Kier molecular flexibility index (Phi) is 7.63. The highest BCUT2D eigenvalue weighted by Crippen LogP contribution is 2.27. The number of piperazine rings is 1. The van der Waals surface area contributed by atoms with Crippen LogP contribution in [0, 0.1) is 0 Å². The predicted molar refractivity (Wildman–Crippen MR) is 134 cm³/mol. The summed E-state index contributed by atoms with van der Waals surface area (Å²) in [5.74, 6) is 0.192. The standard InChI is InChI=1S/C25H34N4O4S/c1-27-15-17-28(18-16-27)21-9-7-20(8-10-21)26-34(31,32)22-11-12-24(33-2)23(19-22)25(30)29-13-5-3-4-6-14-29/h7-12,19,26H,3-6,13-18H2,1-2H3. The minimum atomic E-state index is -3.87. The van der Waals surface area contributed by atoms with Gasteiger partial charge in [-0.15, -0.1) is 0 Å². The van der Waals surface area contributed by atoms with Gasteiger partial charge in [-0.3, -0.25) is 9.52 Å². The largest absolute Gasteiger partial charge is 0.496 e. The lowest BCUT2D eigenvalue weighted by atomic mass is 10.1. The summed E-state index contributed by atoms with van der Waals surface area (Å²) in [4.78, 5) is 19.6. The van der Waals surface area contributed by atoms with Gasteiger partial charge in [0.1, 0.15) is 5.75 Å². The molecule has 0 aromatic heterocycles. The van der Waals surface area contributed by atoms with Crippen molar-refractivity contribution in [3.8, 4) is 5.75 Å². The van der Waals surface area contributed by atoms with Crippen LogP contribution in [0.1, 0.15) is 36.0 Å². The van der Waals surface area contributed by atoms with Crippen LogP contribution in [0.3, 0.4) is 0 Å². The Hall–Kier alpha value is -2.78. The number of nitrogens with zero attached hydrogens (tertiary/aromatic N) is 3. The summed E-state index contributed by atoms with van der Waals surface area (Å²) in [6.07, 6.45) is 4.12. The molecule has 0 unspecified atom stereocenters. The average Bonchev–Trinajstić information content (AvgIpc) is 3.14. The van der Waals surface area contributed by atoms with E-state index in [-0.39, 0.29) is 16.4 Å². The third-order valence-corrected chi connectivity index (χ3v) is 7.97. The molecular weight excluding hydrogens is 452 g/mol. The molecule has 2 aromatic rings. The molecule has 0 saturated carbocycles. The molecule has 9 heteroatoms. The summed E-state index contributed by atoms with van der Waals surface area (Å²) < 4.78 is 34.3. The Bertz CT molecular complexity index is 1090. The first-order chi connectivity index (χ1) is 16.4. The topological polar surface area (TPSA) is 82.2 Å². The quantitative estimate of drug-likeness (QED) is 0.675. The second-order valence-electron chi connectivity index (χ2n) is 9.01. The van der Waals surface area contributed by atoms with E-state index in [0.29, 0.717) is 24.5 Å². The van der Waals surface area contributed by atoms with Crippen LogP contribution in [0.25, 0.3) is 0 Å². The molecule has 1 N–H and O–H groups in total. The first-order valence-electron chi connectivity index (χ1n) is 11.9. The van der Waals surface area contributed by atoms with Gasteiger partial charge in [-0.1, -0.05) is 12.8 Å². The highest BCUT2D eigenvalue weighted by Gasteiger charge is 2.24. The Morgan fingerprint density at radius 2 is 1.53 bits per heavy atom. The fourth-order valence-corrected chi connectivity index (χ4v) is 5.57. The SMILES string of the molecule is COc1ccc(S(=O)(=O)Nc2ccc(N3CCN(C)CC3)cc2)cc1C(=O)N1CCCCCC1. The van der Waals surface area contributed by atoms with E-state index in [0.717, 1.165) is 57.5 Å². The van der Waals surface area contributed by atoms with Gasteiger partial charge in [-0.25, -0.2) is 8.42 Å². The summed E-state index contributed by atoms with van der Waals surface area (Å²) in [5.41, 5.74) is 1.83. The highest BCUT2D eigenvalue weighted by atomic mass is 32.2. The van der Waals surface area contributed by atoms with Gasteiger partial charge in [0.05, 0.1) is 17.6 Å². The summed E-state index contributed by atoms with van der Waals surface area (Å²) in [6, 6.07) is 11.9. The number of hydrogen-bond acceptors (Lipinski definition) is 6. The van der Waals surface area contributed by atoms with Crippen LogP contribution in [-0.2, 0) is 10.0 Å². The number of nitrogens with one attached hydrogen (secondary N) is 1. The van der Waals surface area contributed by atoms with Gasteiger partial charge < -0.3 is 19.4 Å². The monoisotopic (exact) mass is 486 g/mol. The molecule has 0 atom stereocenters. The van der Waals surface area contributed by atoms with E-state index in [1.807, 2.05) is 12.1 Å². The van der Waals surface area contributed by atoms with Gasteiger partial charge in [0.15, 0.2) is 0 Å². The molecule has 2 aliphatic heterocycles. The van der Waals surface area contributed by atoms with Crippen molar-refractivity contribution in [3.63, 3.8) is 0 Å². The Labute approximate surface area is 202 Å². The van der Waals surface area contributed by atoms with Crippen LogP contribution in [0.15, 0.2) is 47.4 Å². The normalized spacial score (nSPS) is 17.8. The van der Waals surface area contributed by atoms with Crippen molar-refractivity contribution in [3.05, 3.63) is 48.0 Å². The molecule has 8 nitrogen and oxygen atoms in total. The third kappa shape index (κ3) is 5.64. The smallest absolute Gasteiger partial charge is 0.261 e. The number of likely N-dealkylation sites (N-methyl/N-ethyl adjacent to an activating group) is 1. The third-order valence-electron chi connectivity index (χ3n) is 6.59. The van der Waals surface area contributed by atoms with Gasteiger partial charge >= 0.3 is 0 Å². The van der Waals surface area contributed by atoms with Crippen molar-refractivity contribution in [1.29, 1.82) is 0 Å². The maximum atomic E-state index is 13.2. The number of anilines is 2. The number of methoxy groups -OCH3 is 1. The maximum absolute atomic E-state index is 13.2. The van der Waals surface area contributed by atoms with Gasteiger partial charge in [0.25, 0.3) is 15.9 Å².